The van der Waals surface area contributed by atoms with Gasteiger partial charge >= 0.3 is 24.2 Å². The smallest absolute Gasteiger partial charge is 0.471 e. The molecule has 7 nitrogen and oxygen atoms in total. The zero-order valence-electron chi connectivity index (χ0n) is 20.3. The Morgan fingerprint density at radius 1 is 1.02 bits per heavy atom. The Hall–Kier alpha value is -4.07. The van der Waals surface area contributed by atoms with Crippen LogP contribution in [0.2, 0.25) is 0 Å². The van der Waals surface area contributed by atoms with Crippen LogP contribution in [0.4, 0.5) is 32.0 Å². The zero-order valence-corrected chi connectivity index (χ0v) is 21.1. The molecule has 1 aliphatic heterocycles. The molecule has 0 aliphatic carbocycles. The van der Waals surface area contributed by atoms with E-state index in [0.717, 1.165) is 0 Å². The summed E-state index contributed by atoms with van der Waals surface area (Å²) in [5, 5.41) is 10.5. The third-order valence-electron chi connectivity index (χ3n) is 5.99. The highest BCUT2D eigenvalue weighted by molar-refractivity contribution is 7.12. The molecule has 0 saturated heterocycles. The van der Waals surface area contributed by atoms with E-state index in [1.807, 2.05) is 0 Å². The summed E-state index contributed by atoms with van der Waals surface area (Å²) in [7, 11) is 0. The fourth-order valence-corrected chi connectivity index (χ4v) is 5.12. The number of ether oxygens (including phenoxy) is 1. The number of halogens is 6. The summed E-state index contributed by atoms with van der Waals surface area (Å²) in [5.74, 6) is -4.77. The van der Waals surface area contributed by atoms with Gasteiger partial charge in [0.15, 0.2) is 0 Å². The van der Waals surface area contributed by atoms with Crippen molar-refractivity contribution in [2.75, 3.05) is 11.4 Å². The van der Waals surface area contributed by atoms with E-state index in [-0.39, 0.29) is 18.7 Å². The van der Waals surface area contributed by atoms with E-state index in [4.69, 9.17) is 9.84 Å². The van der Waals surface area contributed by atoms with Crippen LogP contribution in [0.25, 0.3) is 11.1 Å². The minimum absolute atomic E-state index is 0.0471. The van der Waals surface area contributed by atoms with Gasteiger partial charge in [-0.1, -0.05) is 30.3 Å². The molecule has 2 amide bonds. The lowest BCUT2D eigenvalue weighted by molar-refractivity contribution is -0.175. The van der Waals surface area contributed by atoms with Crippen LogP contribution >= 0.6 is 11.3 Å². The average molecular weight is 587 g/mol. The predicted molar refractivity (Wildman–Crippen MR) is 132 cm³/mol. The Kier molecular flexibility index (Phi) is 8.10. The quantitative estimate of drug-likeness (QED) is 0.344. The average Bonchev–Trinajstić information content (AvgIpc) is 3.51. The van der Waals surface area contributed by atoms with Gasteiger partial charge in [-0.05, 0) is 41.8 Å². The van der Waals surface area contributed by atoms with Crippen molar-refractivity contribution in [3.05, 3.63) is 69.9 Å². The largest absolute Gasteiger partial charge is 0.488 e. The number of hydrogen-bond acceptors (Lipinski definition) is 5. The molecule has 2 aromatic carbocycles. The molecular formula is C26H20F6N2O5S. The first kappa shape index (κ1) is 28.9. The number of carbonyl (C=O) groups excluding carboxylic acids is 2. The maximum atomic E-state index is 13.6. The molecule has 212 valence electrons. The summed E-state index contributed by atoms with van der Waals surface area (Å²) >= 11 is 0.573. The Morgan fingerprint density at radius 3 is 2.35 bits per heavy atom. The van der Waals surface area contributed by atoms with Crippen LogP contribution in [-0.4, -0.2) is 41.7 Å². The van der Waals surface area contributed by atoms with Crippen molar-refractivity contribution in [1.82, 2.24) is 5.32 Å². The monoisotopic (exact) mass is 586 g/mol. The van der Waals surface area contributed by atoms with Crippen molar-refractivity contribution in [3.8, 4) is 16.9 Å². The lowest BCUT2D eigenvalue weighted by atomic mass is 10.1. The maximum absolute atomic E-state index is 13.6. The van der Waals surface area contributed by atoms with Crippen molar-refractivity contribution >= 4 is 34.8 Å². The summed E-state index contributed by atoms with van der Waals surface area (Å²) in [6.07, 6.45) is -10.4. The predicted octanol–water partition coefficient (Wildman–Crippen LogP) is 5.42. The van der Waals surface area contributed by atoms with Crippen LogP contribution in [0, 0.1) is 0 Å². The van der Waals surface area contributed by atoms with Gasteiger partial charge in [0.05, 0.1) is 6.42 Å². The number of carboxylic acids is 1. The highest BCUT2D eigenvalue weighted by Crippen LogP contribution is 2.43. The Labute approximate surface area is 227 Å². The van der Waals surface area contributed by atoms with Crippen LogP contribution in [0.15, 0.2) is 54.6 Å². The molecule has 0 bridgehead atoms. The molecule has 0 spiro atoms. The number of nitrogens with one attached hydrogen (secondary N) is 1. The van der Waals surface area contributed by atoms with Crippen LogP contribution < -0.4 is 15.0 Å². The normalized spacial score (nSPS) is 14.0. The number of alkyl halides is 6. The zero-order chi connectivity index (χ0) is 29.2. The van der Waals surface area contributed by atoms with Crippen LogP contribution in [-0.2, 0) is 33.6 Å². The number of fused-ring (bicyclic) bond motifs is 1. The van der Waals surface area contributed by atoms with Gasteiger partial charge < -0.3 is 20.1 Å². The molecule has 4 rings (SSSR count). The third kappa shape index (κ3) is 6.55. The number of amides is 2. The maximum Gasteiger partial charge on any atom is 0.471 e. The fourth-order valence-electron chi connectivity index (χ4n) is 4.16. The van der Waals surface area contributed by atoms with Crippen molar-refractivity contribution in [2.24, 2.45) is 0 Å². The molecule has 3 aromatic rings. The number of hydrogen-bond donors (Lipinski definition) is 2. The molecule has 0 saturated carbocycles. The fraction of sp³-hybridized carbons (Fsp3) is 0.269. The van der Waals surface area contributed by atoms with Gasteiger partial charge in [-0.25, -0.2) is 4.79 Å². The number of aliphatic carboxylic acids is 1. The molecule has 1 aliphatic rings. The topological polar surface area (TPSA) is 95.9 Å². The first-order valence-electron chi connectivity index (χ1n) is 11.7. The van der Waals surface area contributed by atoms with Gasteiger partial charge in [-0.3, -0.25) is 9.59 Å². The second-order valence-corrected chi connectivity index (χ2v) is 9.90. The molecule has 14 heteroatoms. The number of nitrogens with zero attached hydrogens (tertiary/aromatic N) is 1. The highest BCUT2D eigenvalue weighted by Gasteiger charge is 2.42. The molecular weight excluding hydrogens is 566 g/mol. The molecule has 0 radical (unpaired) electrons. The highest BCUT2D eigenvalue weighted by atomic mass is 32.1. The van der Waals surface area contributed by atoms with Crippen LogP contribution in [0.5, 0.6) is 5.75 Å². The van der Waals surface area contributed by atoms with Crippen molar-refractivity contribution in [3.63, 3.8) is 0 Å². The minimum Gasteiger partial charge on any atom is -0.488 e. The third-order valence-corrected chi connectivity index (χ3v) is 7.15. The van der Waals surface area contributed by atoms with Crippen LogP contribution in [0.3, 0.4) is 0 Å². The van der Waals surface area contributed by atoms with E-state index in [0.29, 0.717) is 45.2 Å². The van der Waals surface area contributed by atoms with Gasteiger partial charge in [0.1, 0.15) is 23.3 Å². The van der Waals surface area contributed by atoms with E-state index in [2.05, 4.69) is 0 Å². The molecule has 1 atom stereocenters. The summed E-state index contributed by atoms with van der Waals surface area (Å²) in [6, 6.07) is 12.0. The number of thiophene rings is 1. The van der Waals surface area contributed by atoms with Gasteiger partial charge in [-0.2, -0.15) is 26.3 Å². The number of anilines is 1. The van der Waals surface area contributed by atoms with E-state index in [9.17, 15) is 40.7 Å². The van der Waals surface area contributed by atoms with E-state index < -0.39 is 47.5 Å². The number of carbonyl (C=O) groups is 3. The number of carboxylic acid groups (broad SMARTS) is 1. The first-order valence-corrected chi connectivity index (χ1v) is 12.5. The standard InChI is InChI=1S/C26H20F6N2O5S/c27-25(28,29)22-18(14-4-2-1-3-5-14)11-17(40-22)13-39-16-6-7-20-15(10-16)8-9-34(20)21(35)12-19(23(36)37)33-24(38)26(30,31)32/h1-7,10-11,19H,8-9,12-13H2,(H,33,38)(H,36,37). The summed E-state index contributed by atoms with van der Waals surface area (Å²) in [6.45, 7) is -0.0430. The number of benzene rings is 2. The number of rotatable bonds is 8. The van der Waals surface area contributed by atoms with Crippen molar-refractivity contribution in [2.45, 2.75) is 37.8 Å². The molecule has 40 heavy (non-hydrogen) atoms. The lowest BCUT2D eigenvalue weighted by Gasteiger charge is -2.21. The Balaban J connectivity index is 1.44. The summed E-state index contributed by atoms with van der Waals surface area (Å²) < 4.78 is 84.1. The van der Waals surface area contributed by atoms with E-state index in [1.165, 1.54) is 28.4 Å². The molecule has 1 unspecified atom stereocenters. The van der Waals surface area contributed by atoms with E-state index in [1.54, 1.807) is 36.4 Å². The molecule has 1 aromatic heterocycles. The van der Waals surface area contributed by atoms with Gasteiger partial charge in [-0.15, -0.1) is 11.3 Å². The van der Waals surface area contributed by atoms with Crippen LogP contribution in [0.1, 0.15) is 21.7 Å². The summed E-state index contributed by atoms with van der Waals surface area (Å²) in [4.78, 5) is 35.9. The molecule has 2 heterocycles. The van der Waals surface area contributed by atoms with Gasteiger partial charge in [0.2, 0.25) is 5.91 Å². The second-order valence-electron chi connectivity index (χ2n) is 8.76. The first-order chi connectivity index (χ1) is 18.7. The minimum atomic E-state index is -5.31. The van der Waals surface area contributed by atoms with Gasteiger partial charge in [0.25, 0.3) is 0 Å². The Morgan fingerprint density at radius 2 is 1.73 bits per heavy atom. The SMILES string of the molecule is O=C(O)C(CC(=O)N1CCc2cc(OCc3cc(-c4ccccc4)c(C(F)(F)F)s3)ccc21)NC(=O)C(F)(F)F. The second kappa shape index (κ2) is 11.2. The van der Waals surface area contributed by atoms with Gasteiger partial charge in [0, 0.05) is 22.7 Å². The summed E-state index contributed by atoms with van der Waals surface area (Å²) in [5.41, 5.74) is 1.46. The molecule has 2 N–H and O–H groups in total. The van der Waals surface area contributed by atoms with E-state index >= 15 is 0 Å². The van der Waals surface area contributed by atoms with Crippen molar-refractivity contribution in [1.29, 1.82) is 0 Å². The van der Waals surface area contributed by atoms with Crippen molar-refractivity contribution < 1.29 is 50.6 Å². The molecule has 0 fully saturated rings. The lowest BCUT2D eigenvalue weighted by Crippen LogP contribution is -2.49. The Bertz CT molecular complexity index is 1420.